The van der Waals surface area contributed by atoms with Gasteiger partial charge in [-0.2, -0.15) is 0 Å². The highest BCUT2D eigenvalue weighted by Gasteiger charge is 2.15. The number of methoxy groups -OCH3 is 1. The van der Waals surface area contributed by atoms with E-state index in [9.17, 15) is 9.59 Å². The Bertz CT molecular complexity index is 1010. The monoisotopic (exact) mass is 418 g/mol. The molecule has 2 N–H and O–H groups in total. The maximum absolute atomic E-state index is 12.3. The van der Waals surface area contributed by atoms with E-state index < -0.39 is 0 Å². The number of ether oxygens (including phenoxy) is 1. The molecular weight excluding hydrogens is 400 g/mol. The molecule has 28 heavy (non-hydrogen) atoms. The normalized spacial score (nSPS) is 10.7. The van der Waals surface area contributed by atoms with Gasteiger partial charge in [0.25, 0.3) is 0 Å². The van der Waals surface area contributed by atoms with Gasteiger partial charge in [0.1, 0.15) is 5.75 Å². The summed E-state index contributed by atoms with van der Waals surface area (Å²) < 4.78 is 5.19. The lowest BCUT2D eigenvalue weighted by molar-refractivity contribution is -0.131. The van der Waals surface area contributed by atoms with Crippen LogP contribution in [0.15, 0.2) is 47.6 Å². The van der Waals surface area contributed by atoms with Crippen molar-refractivity contribution < 1.29 is 14.3 Å². The Labute approximate surface area is 171 Å². The summed E-state index contributed by atoms with van der Waals surface area (Å²) in [6.07, 6.45) is 0. The van der Waals surface area contributed by atoms with Crippen LogP contribution in [0.4, 0.5) is 5.69 Å². The van der Waals surface area contributed by atoms with E-state index in [-0.39, 0.29) is 24.1 Å². The number of thioether (sulfide) groups is 1. The number of aromatic nitrogens is 2. The van der Waals surface area contributed by atoms with Crippen molar-refractivity contribution in [1.29, 1.82) is 0 Å². The maximum atomic E-state index is 12.3. The lowest BCUT2D eigenvalue weighted by Gasteiger charge is -2.16. The number of fused-ring (bicyclic) bond motifs is 1. The predicted molar refractivity (Wildman–Crippen MR) is 111 cm³/mol. The third-order valence-corrected chi connectivity index (χ3v) is 5.14. The largest absolute Gasteiger partial charge is 0.497 e. The van der Waals surface area contributed by atoms with Gasteiger partial charge in [-0.05, 0) is 24.3 Å². The summed E-state index contributed by atoms with van der Waals surface area (Å²) in [7, 11) is 3.18. The van der Waals surface area contributed by atoms with Crippen molar-refractivity contribution in [2.75, 3.05) is 31.8 Å². The second kappa shape index (κ2) is 8.99. The third kappa shape index (κ3) is 4.96. The summed E-state index contributed by atoms with van der Waals surface area (Å²) in [5, 5.41) is 3.77. The van der Waals surface area contributed by atoms with Crippen molar-refractivity contribution in [2.45, 2.75) is 5.16 Å². The first-order valence-corrected chi connectivity index (χ1v) is 9.77. The number of H-pyrrole nitrogens is 1. The molecule has 2 amide bonds. The fourth-order valence-electron chi connectivity index (χ4n) is 2.46. The minimum Gasteiger partial charge on any atom is -0.497 e. The van der Waals surface area contributed by atoms with Gasteiger partial charge in [-0.3, -0.25) is 9.59 Å². The summed E-state index contributed by atoms with van der Waals surface area (Å²) in [6.45, 7) is -0.0675. The molecular formula is C19H19ClN4O3S. The van der Waals surface area contributed by atoms with Crippen molar-refractivity contribution in [3.05, 3.63) is 47.5 Å². The number of likely N-dealkylation sites (N-methyl/N-ethyl adjacent to an activating group) is 1. The quantitative estimate of drug-likeness (QED) is 0.574. The molecule has 146 valence electrons. The Hall–Kier alpha value is -2.71. The highest BCUT2D eigenvalue weighted by atomic mass is 35.5. The van der Waals surface area contributed by atoms with Gasteiger partial charge in [0.2, 0.25) is 11.8 Å². The van der Waals surface area contributed by atoms with Gasteiger partial charge in [0.05, 0.1) is 41.2 Å². The van der Waals surface area contributed by atoms with Crippen LogP contribution in [-0.4, -0.2) is 53.1 Å². The standard InChI is InChI=1S/C19H19ClN4O3S/c1-24(10-17(25)21-14-6-4-3-5-13(14)20)18(26)11-28-19-22-15-8-7-12(27-2)9-16(15)23-19/h3-9H,10-11H2,1-2H3,(H,21,25)(H,22,23). The van der Waals surface area contributed by atoms with Crippen LogP contribution in [0, 0.1) is 0 Å². The molecule has 0 fully saturated rings. The summed E-state index contributed by atoms with van der Waals surface area (Å²) in [6, 6.07) is 12.5. The summed E-state index contributed by atoms with van der Waals surface area (Å²) >= 11 is 7.30. The van der Waals surface area contributed by atoms with Crippen LogP contribution >= 0.6 is 23.4 Å². The van der Waals surface area contributed by atoms with Crippen molar-refractivity contribution >= 4 is 51.9 Å². The molecule has 0 spiro atoms. The Balaban J connectivity index is 1.52. The number of imidazole rings is 1. The van der Waals surface area contributed by atoms with Gasteiger partial charge < -0.3 is 19.9 Å². The Kier molecular flexibility index (Phi) is 6.43. The molecule has 0 aliphatic heterocycles. The van der Waals surface area contributed by atoms with Gasteiger partial charge in [-0.25, -0.2) is 4.98 Å². The van der Waals surface area contributed by atoms with Crippen LogP contribution in [0.2, 0.25) is 5.02 Å². The number of aromatic amines is 1. The van der Waals surface area contributed by atoms with Crippen LogP contribution < -0.4 is 10.1 Å². The van der Waals surface area contributed by atoms with E-state index in [1.54, 1.807) is 38.4 Å². The molecule has 1 heterocycles. The van der Waals surface area contributed by atoms with Crippen molar-refractivity contribution in [2.24, 2.45) is 0 Å². The van der Waals surface area contributed by atoms with E-state index in [1.807, 2.05) is 18.2 Å². The molecule has 0 saturated heterocycles. The highest BCUT2D eigenvalue weighted by Crippen LogP contribution is 2.23. The Morgan fingerprint density at radius 2 is 2.07 bits per heavy atom. The molecule has 0 atom stereocenters. The van der Waals surface area contributed by atoms with E-state index in [0.29, 0.717) is 15.9 Å². The molecule has 3 rings (SSSR count). The number of nitrogens with zero attached hydrogens (tertiary/aromatic N) is 2. The van der Waals surface area contributed by atoms with Gasteiger partial charge in [0.15, 0.2) is 5.16 Å². The molecule has 0 saturated carbocycles. The molecule has 0 unspecified atom stereocenters. The predicted octanol–water partition coefficient (Wildman–Crippen LogP) is 3.41. The fourth-order valence-corrected chi connectivity index (χ4v) is 3.47. The van der Waals surface area contributed by atoms with Crippen molar-refractivity contribution in [3.8, 4) is 5.75 Å². The smallest absolute Gasteiger partial charge is 0.244 e. The number of carbonyl (C=O) groups excluding carboxylic acids is 2. The number of amides is 2. The minimum atomic E-state index is -0.315. The summed E-state index contributed by atoms with van der Waals surface area (Å²) in [5.74, 6) is 0.391. The van der Waals surface area contributed by atoms with Crippen LogP contribution in [0.1, 0.15) is 0 Å². The van der Waals surface area contributed by atoms with Crippen LogP contribution in [0.3, 0.4) is 0 Å². The second-order valence-corrected chi connectivity index (χ2v) is 7.36. The van der Waals surface area contributed by atoms with E-state index in [4.69, 9.17) is 16.3 Å². The number of nitrogens with one attached hydrogen (secondary N) is 2. The Morgan fingerprint density at radius 1 is 1.29 bits per heavy atom. The van der Waals surface area contributed by atoms with Crippen LogP contribution in [0.5, 0.6) is 5.75 Å². The number of halogens is 1. The zero-order chi connectivity index (χ0) is 20.1. The fraction of sp³-hybridized carbons (Fsp3) is 0.211. The van der Waals surface area contributed by atoms with E-state index in [0.717, 1.165) is 16.8 Å². The zero-order valence-corrected chi connectivity index (χ0v) is 16.9. The summed E-state index contributed by atoms with van der Waals surface area (Å²) in [5.41, 5.74) is 2.15. The number of rotatable bonds is 7. The first-order valence-electron chi connectivity index (χ1n) is 8.41. The first-order chi connectivity index (χ1) is 13.5. The van der Waals surface area contributed by atoms with Crippen LogP contribution in [-0.2, 0) is 9.59 Å². The van der Waals surface area contributed by atoms with E-state index >= 15 is 0 Å². The van der Waals surface area contributed by atoms with Crippen molar-refractivity contribution in [1.82, 2.24) is 14.9 Å². The summed E-state index contributed by atoms with van der Waals surface area (Å²) in [4.78, 5) is 33.4. The number of hydrogen-bond acceptors (Lipinski definition) is 5. The zero-order valence-electron chi connectivity index (χ0n) is 15.4. The average molecular weight is 419 g/mol. The van der Waals surface area contributed by atoms with Gasteiger partial charge in [0, 0.05) is 13.1 Å². The molecule has 0 radical (unpaired) electrons. The molecule has 7 nitrogen and oxygen atoms in total. The first kappa shape index (κ1) is 20.0. The molecule has 0 aliphatic carbocycles. The highest BCUT2D eigenvalue weighted by molar-refractivity contribution is 7.99. The van der Waals surface area contributed by atoms with Gasteiger partial charge in [-0.15, -0.1) is 0 Å². The van der Waals surface area contributed by atoms with Crippen molar-refractivity contribution in [3.63, 3.8) is 0 Å². The van der Waals surface area contributed by atoms with E-state index in [1.165, 1.54) is 16.7 Å². The number of hydrogen-bond donors (Lipinski definition) is 2. The van der Waals surface area contributed by atoms with E-state index in [2.05, 4.69) is 15.3 Å². The minimum absolute atomic E-state index is 0.0675. The second-order valence-electron chi connectivity index (χ2n) is 5.99. The molecule has 3 aromatic rings. The number of para-hydroxylation sites is 1. The third-order valence-electron chi connectivity index (χ3n) is 3.95. The molecule has 0 aliphatic rings. The molecule has 2 aromatic carbocycles. The van der Waals surface area contributed by atoms with Gasteiger partial charge >= 0.3 is 0 Å². The topological polar surface area (TPSA) is 87.3 Å². The number of anilines is 1. The maximum Gasteiger partial charge on any atom is 0.244 e. The molecule has 9 heteroatoms. The lowest BCUT2D eigenvalue weighted by atomic mass is 10.3. The van der Waals surface area contributed by atoms with Crippen LogP contribution in [0.25, 0.3) is 11.0 Å². The Morgan fingerprint density at radius 3 is 2.82 bits per heavy atom. The molecule has 0 bridgehead atoms. The number of carbonyl (C=O) groups is 2. The number of benzene rings is 2. The van der Waals surface area contributed by atoms with Gasteiger partial charge in [-0.1, -0.05) is 35.5 Å². The SMILES string of the molecule is COc1ccc2nc(SCC(=O)N(C)CC(=O)Nc3ccccc3Cl)[nH]c2c1. The lowest BCUT2D eigenvalue weighted by Crippen LogP contribution is -2.36. The average Bonchev–Trinajstić information content (AvgIpc) is 3.09. The molecule has 1 aromatic heterocycles.